The number of pyridine rings is 1. The molecule has 0 radical (unpaired) electrons. The first-order chi connectivity index (χ1) is 15.3. The average molecular weight is 482 g/mol. The predicted octanol–water partition coefficient (Wildman–Crippen LogP) is 6.06. The molecule has 11 heteroatoms. The second-order valence-electron chi connectivity index (χ2n) is 8.56. The Kier molecular flexibility index (Phi) is 5.60. The normalized spacial score (nSPS) is 12.5. The third-order valence-corrected chi connectivity index (χ3v) is 5.24. The van der Waals surface area contributed by atoms with Crippen molar-refractivity contribution in [1.82, 2.24) is 24.7 Å². The van der Waals surface area contributed by atoms with Gasteiger partial charge in [0.2, 0.25) is 5.88 Å². The number of nitrogens with one attached hydrogen (secondary N) is 1. The van der Waals surface area contributed by atoms with Crippen LogP contribution in [0.2, 0.25) is 5.02 Å². The van der Waals surface area contributed by atoms with E-state index in [-0.39, 0.29) is 33.9 Å². The number of aryl methyl sites for hydroxylation is 1. The van der Waals surface area contributed by atoms with E-state index in [0.29, 0.717) is 21.9 Å². The molecule has 33 heavy (non-hydrogen) atoms. The zero-order valence-corrected chi connectivity index (χ0v) is 18.9. The van der Waals surface area contributed by atoms with Gasteiger partial charge in [0.25, 0.3) is 0 Å². The molecule has 0 fully saturated rings. The van der Waals surface area contributed by atoms with E-state index >= 15 is 0 Å². The molecule has 0 unspecified atom stereocenters. The molecule has 0 aliphatic rings. The summed E-state index contributed by atoms with van der Waals surface area (Å²) in [5.74, 6) is -0.680. The number of hydrogen-bond donors (Lipinski definition) is 1. The van der Waals surface area contributed by atoms with Crippen LogP contribution in [0.1, 0.15) is 26.5 Å². The van der Waals surface area contributed by atoms with E-state index in [2.05, 4.69) is 20.1 Å². The van der Waals surface area contributed by atoms with Crippen molar-refractivity contribution in [2.45, 2.75) is 32.4 Å². The van der Waals surface area contributed by atoms with E-state index in [0.717, 1.165) is 0 Å². The van der Waals surface area contributed by atoms with Crippen molar-refractivity contribution in [1.29, 1.82) is 0 Å². The number of alkyl halides is 3. The van der Waals surface area contributed by atoms with Gasteiger partial charge in [-0.1, -0.05) is 44.5 Å². The fraction of sp³-hybridized carbons (Fsp3) is 0.318. The Morgan fingerprint density at radius 1 is 1.12 bits per heavy atom. The smallest absolute Gasteiger partial charge is 0.422 e. The highest BCUT2D eigenvalue weighted by molar-refractivity contribution is 6.33. The number of halogens is 5. The summed E-state index contributed by atoms with van der Waals surface area (Å²) in [6, 6.07) is 7.31. The summed E-state index contributed by atoms with van der Waals surface area (Å²) in [6.07, 6.45) is -4.59. The Morgan fingerprint density at radius 3 is 2.42 bits per heavy atom. The van der Waals surface area contributed by atoms with Crippen molar-refractivity contribution in [3.63, 3.8) is 0 Å². The summed E-state index contributed by atoms with van der Waals surface area (Å²) in [5, 5.41) is 4.84. The van der Waals surface area contributed by atoms with Crippen LogP contribution in [0.15, 0.2) is 30.3 Å². The standard InChI is InChI=1S/C22H20ClF4N5O/c1-21(2,3)18-15(23)17(32(4)31-18)19-28-14-9-13(11-7-5-6-8-12(11)24)29-20(16(14)30-19)33-10-22(25,26)27/h5-9H,10H2,1-4H3,(H,28,30). The molecule has 0 atom stereocenters. The van der Waals surface area contributed by atoms with Crippen LogP contribution in [0.25, 0.3) is 33.8 Å². The fourth-order valence-electron chi connectivity index (χ4n) is 3.39. The molecule has 0 aliphatic carbocycles. The van der Waals surface area contributed by atoms with Crippen LogP contribution in [0.4, 0.5) is 17.6 Å². The lowest BCUT2D eigenvalue weighted by molar-refractivity contribution is -0.153. The first kappa shape index (κ1) is 23.0. The molecule has 0 bridgehead atoms. The maximum absolute atomic E-state index is 14.4. The van der Waals surface area contributed by atoms with Crippen molar-refractivity contribution < 1.29 is 22.3 Å². The lowest BCUT2D eigenvalue weighted by Gasteiger charge is -2.15. The summed E-state index contributed by atoms with van der Waals surface area (Å²) in [6.45, 7) is 4.30. The van der Waals surface area contributed by atoms with E-state index < -0.39 is 18.6 Å². The quantitative estimate of drug-likeness (QED) is 0.360. The van der Waals surface area contributed by atoms with Gasteiger partial charge in [-0.2, -0.15) is 18.3 Å². The molecule has 0 saturated heterocycles. The van der Waals surface area contributed by atoms with E-state index in [1.54, 1.807) is 17.8 Å². The van der Waals surface area contributed by atoms with Gasteiger partial charge < -0.3 is 9.72 Å². The topological polar surface area (TPSA) is 68.6 Å². The molecule has 1 N–H and O–H groups in total. The van der Waals surface area contributed by atoms with E-state index in [4.69, 9.17) is 16.3 Å². The zero-order chi connectivity index (χ0) is 24.1. The molecular weight excluding hydrogens is 462 g/mol. The Balaban J connectivity index is 1.91. The summed E-state index contributed by atoms with van der Waals surface area (Å²) >= 11 is 6.60. The van der Waals surface area contributed by atoms with Gasteiger partial charge >= 0.3 is 6.18 Å². The number of nitrogens with zero attached hydrogens (tertiary/aromatic N) is 4. The minimum absolute atomic E-state index is 0.0592. The van der Waals surface area contributed by atoms with Gasteiger partial charge in [0.15, 0.2) is 17.9 Å². The highest BCUT2D eigenvalue weighted by Crippen LogP contribution is 2.37. The van der Waals surface area contributed by atoms with Gasteiger partial charge in [0.1, 0.15) is 11.5 Å². The lowest BCUT2D eigenvalue weighted by Crippen LogP contribution is -2.19. The summed E-state index contributed by atoms with van der Waals surface area (Å²) in [5.41, 5.74) is 1.32. The van der Waals surface area contributed by atoms with Gasteiger partial charge in [-0.05, 0) is 18.2 Å². The molecule has 1 aromatic carbocycles. The van der Waals surface area contributed by atoms with E-state index in [1.165, 1.54) is 24.3 Å². The van der Waals surface area contributed by atoms with Crippen LogP contribution in [-0.2, 0) is 12.5 Å². The number of fused-ring (bicyclic) bond motifs is 1. The predicted molar refractivity (Wildman–Crippen MR) is 117 cm³/mol. The van der Waals surface area contributed by atoms with Crippen molar-refractivity contribution in [3.05, 3.63) is 46.9 Å². The summed E-state index contributed by atoms with van der Waals surface area (Å²) in [7, 11) is 1.69. The average Bonchev–Trinajstić information content (AvgIpc) is 3.25. The molecule has 0 amide bonds. The van der Waals surface area contributed by atoms with Gasteiger partial charge in [0.05, 0.1) is 21.9 Å². The molecule has 6 nitrogen and oxygen atoms in total. The van der Waals surface area contributed by atoms with Gasteiger partial charge in [-0.25, -0.2) is 14.4 Å². The number of imidazole rings is 1. The van der Waals surface area contributed by atoms with E-state index in [9.17, 15) is 17.6 Å². The molecule has 4 rings (SSSR count). The molecule has 3 heterocycles. The van der Waals surface area contributed by atoms with Crippen molar-refractivity contribution >= 4 is 22.6 Å². The highest BCUT2D eigenvalue weighted by Gasteiger charge is 2.31. The van der Waals surface area contributed by atoms with Crippen LogP contribution < -0.4 is 4.74 Å². The number of aromatic nitrogens is 5. The maximum atomic E-state index is 14.4. The minimum atomic E-state index is -4.59. The largest absolute Gasteiger partial charge is 0.466 e. The second-order valence-corrected chi connectivity index (χ2v) is 8.94. The number of benzene rings is 1. The Bertz CT molecular complexity index is 1340. The van der Waals surface area contributed by atoms with Gasteiger partial charge in [0, 0.05) is 18.0 Å². The minimum Gasteiger partial charge on any atom is -0.466 e. The Hall–Kier alpha value is -3.14. The SMILES string of the molecule is Cn1nc(C(C)(C)C)c(Cl)c1-c1nc2c(OCC(F)(F)F)nc(-c3ccccc3F)cc2[nH]1. The summed E-state index contributed by atoms with van der Waals surface area (Å²) in [4.78, 5) is 11.6. The van der Waals surface area contributed by atoms with Crippen LogP contribution >= 0.6 is 11.6 Å². The second kappa shape index (κ2) is 8.02. The van der Waals surface area contributed by atoms with Crippen LogP contribution in [-0.4, -0.2) is 37.5 Å². The maximum Gasteiger partial charge on any atom is 0.422 e. The zero-order valence-electron chi connectivity index (χ0n) is 18.2. The number of H-pyrrole nitrogens is 1. The molecule has 0 spiro atoms. The van der Waals surface area contributed by atoms with Crippen LogP contribution in [0.5, 0.6) is 5.88 Å². The molecule has 4 aromatic rings. The third kappa shape index (κ3) is 4.52. The fourth-order valence-corrected chi connectivity index (χ4v) is 3.92. The van der Waals surface area contributed by atoms with Crippen molar-refractivity contribution in [2.24, 2.45) is 7.05 Å². The number of rotatable bonds is 4. The Morgan fingerprint density at radius 2 is 1.82 bits per heavy atom. The monoisotopic (exact) mass is 481 g/mol. The third-order valence-electron chi connectivity index (χ3n) is 4.88. The summed E-state index contributed by atoms with van der Waals surface area (Å²) < 4.78 is 59.4. The Labute approximate surface area is 191 Å². The first-order valence-electron chi connectivity index (χ1n) is 9.93. The molecular formula is C22H20ClF4N5O. The van der Waals surface area contributed by atoms with Crippen molar-refractivity contribution in [3.8, 4) is 28.7 Å². The molecule has 3 aromatic heterocycles. The molecule has 174 valence electrons. The first-order valence-corrected chi connectivity index (χ1v) is 10.3. The molecule has 0 aliphatic heterocycles. The molecule has 0 saturated carbocycles. The van der Waals surface area contributed by atoms with Crippen LogP contribution in [0.3, 0.4) is 0 Å². The van der Waals surface area contributed by atoms with E-state index in [1.807, 2.05) is 20.8 Å². The number of aromatic amines is 1. The lowest BCUT2D eigenvalue weighted by atomic mass is 9.92. The van der Waals surface area contributed by atoms with Crippen molar-refractivity contribution in [2.75, 3.05) is 6.61 Å². The van der Waals surface area contributed by atoms with Gasteiger partial charge in [-0.3, -0.25) is 4.68 Å². The van der Waals surface area contributed by atoms with Crippen LogP contribution in [0, 0.1) is 5.82 Å². The van der Waals surface area contributed by atoms with Gasteiger partial charge in [-0.15, -0.1) is 0 Å². The number of ether oxygens (including phenoxy) is 1. The number of hydrogen-bond acceptors (Lipinski definition) is 4. The highest BCUT2D eigenvalue weighted by atomic mass is 35.5.